The predicted molar refractivity (Wildman–Crippen MR) is 33.3 cm³/mol. The topological polar surface area (TPSA) is 52.5 Å². The highest BCUT2D eigenvalue weighted by Crippen LogP contribution is 2.08. The van der Waals surface area contributed by atoms with Crippen LogP contribution in [0.25, 0.3) is 0 Å². The Kier molecular flexibility index (Phi) is 1.75. The zero-order valence-corrected chi connectivity index (χ0v) is 4.83. The van der Waals surface area contributed by atoms with Gasteiger partial charge in [-0.3, -0.25) is 0 Å². The Bertz CT molecular complexity index is 151. The minimum atomic E-state index is -0.160. The number of hydrogen-bond donors (Lipinski definition) is 3. The summed E-state index contributed by atoms with van der Waals surface area (Å²) in [5.74, 6) is 0.0972. The van der Waals surface area contributed by atoms with Gasteiger partial charge in [0.15, 0.2) is 6.04 Å². The van der Waals surface area contributed by atoms with Crippen LogP contribution in [0.3, 0.4) is 0 Å². The van der Waals surface area contributed by atoms with Crippen LogP contribution in [0.15, 0.2) is 24.1 Å². The smallest absolute Gasteiger partial charge is 0.150 e. The van der Waals surface area contributed by atoms with Crippen molar-refractivity contribution in [1.29, 1.82) is 0 Å². The highest BCUT2D eigenvalue weighted by Gasteiger charge is 2.12. The molecular formula is C6H8NO2. The Morgan fingerprint density at radius 1 is 1.56 bits per heavy atom. The number of dihydropyridines is 1. The molecule has 0 spiro atoms. The molecule has 1 radical (unpaired) electrons. The molecule has 0 saturated heterocycles. The molecule has 3 N–H and O–H groups in total. The van der Waals surface area contributed by atoms with Gasteiger partial charge in [-0.25, -0.2) is 0 Å². The van der Waals surface area contributed by atoms with Gasteiger partial charge in [-0.1, -0.05) is 0 Å². The molecule has 0 fully saturated rings. The lowest BCUT2D eigenvalue weighted by Gasteiger charge is -2.14. The molecule has 3 heteroatoms. The molecule has 0 bridgehead atoms. The molecule has 0 aromatic carbocycles. The highest BCUT2D eigenvalue weighted by atomic mass is 16.3. The van der Waals surface area contributed by atoms with Crippen LogP contribution in [0.1, 0.15) is 0 Å². The fourth-order valence-corrected chi connectivity index (χ4v) is 0.589. The van der Waals surface area contributed by atoms with Crippen molar-refractivity contribution in [3.8, 4) is 0 Å². The Balaban J connectivity index is 2.59. The molecule has 0 amide bonds. The Morgan fingerprint density at radius 2 is 2.33 bits per heavy atom. The summed E-state index contributed by atoms with van der Waals surface area (Å²) in [5, 5.41) is 20.1. The van der Waals surface area contributed by atoms with Crippen LogP contribution in [0.4, 0.5) is 0 Å². The highest BCUT2D eigenvalue weighted by molar-refractivity contribution is 5.26. The minimum Gasteiger partial charge on any atom is -0.510 e. The third kappa shape index (κ3) is 1.23. The maximum atomic E-state index is 8.92. The van der Waals surface area contributed by atoms with E-state index in [1.54, 1.807) is 12.3 Å². The van der Waals surface area contributed by atoms with Gasteiger partial charge < -0.3 is 15.5 Å². The number of nitrogens with one attached hydrogen (secondary N) is 1. The molecular weight excluding hydrogens is 118 g/mol. The van der Waals surface area contributed by atoms with E-state index in [0.717, 1.165) is 0 Å². The molecule has 3 nitrogen and oxygen atoms in total. The summed E-state index contributed by atoms with van der Waals surface area (Å²) in [6.45, 7) is -0.160. The summed E-state index contributed by atoms with van der Waals surface area (Å²) >= 11 is 0. The second kappa shape index (κ2) is 2.55. The maximum absolute atomic E-state index is 8.92. The van der Waals surface area contributed by atoms with E-state index in [2.05, 4.69) is 5.32 Å². The number of aliphatic hydroxyl groups excluding tert-OH is 2. The van der Waals surface area contributed by atoms with Gasteiger partial charge in [0.2, 0.25) is 0 Å². The first-order valence-corrected chi connectivity index (χ1v) is 2.64. The third-order valence-corrected chi connectivity index (χ3v) is 1.08. The quantitative estimate of drug-likeness (QED) is 0.466. The molecule has 0 unspecified atom stereocenters. The van der Waals surface area contributed by atoms with Crippen molar-refractivity contribution in [2.45, 2.75) is 0 Å². The van der Waals surface area contributed by atoms with Gasteiger partial charge in [-0.2, -0.15) is 0 Å². The zero-order valence-electron chi connectivity index (χ0n) is 4.83. The second-order valence-corrected chi connectivity index (χ2v) is 1.69. The summed E-state index contributed by atoms with van der Waals surface area (Å²) in [6, 6.07) is 0.442. The largest absolute Gasteiger partial charge is 0.510 e. The van der Waals surface area contributed by atoms with Crippen molar-refractivity contribution >= 4 is 0 Å². The Morgan fingerprint density at radius 3 is 2.78 bits per heavy atom. The van der Waals surface area contributed by atoms with Crippen molar-refractivity contribution in [3.05, 3.63) is 30.2 Å². The van der Waals surface area contributed by atoms with Crippen molar-refractivity contribution in [2.75, 3.05) is 6.61 Å². The first kappa shape index (κ1) is 6.16. The summed E-state index contributed by atoms with van der Waals surface area (Å²) in [7, 11) is 0. The SMILES string of the molecule is OC[C]1NC=CC=C1O. The van der Waals surface area contributed by atoms with E-state index >= 15 is 0 Å². The molecule has 0 aromatic rings. The van der Waals surface area contributed by atoms with Crippen LogP contribution >= 0.6 is 0 Å². The molecule has 1 aliphatic heterocycles. The van der Waals surface area contributed by atoms with E-state index in [9.17, 15) is 0 Å². The third-order valence-electron chi connectivity index (χ3n) is 1.08. The Labute approximate surface area is 53.3 Å². The first-order chi connectivity index (χ1) is 4.34. The average Bonchev–Trinajstić information content (AvgIpc) is 1.89. The monoisotopic (exact) mass is 126 g/mol. The molecule has 9 heavy (non-hydrogen) atoms. The fraction of sp³-hybridized carbons (Fsp3) is 0.167. The second-order valence-electron chi connectivity index (χ2n) is 1.69. The number of allylic oxidation sites excluding steroid dienone is 2. The van der Waals surface area contributed by atoms with Crippen LogP contribution in [0.5, 0.6) is 0 Å². The number of aliphatic hydroxyl groups is 2. The van der Waals surface area contributed by atoms with Crippen LogP contribution in [-0.4, -0.2) is 16.8 Å². The van der Waals surface area contributed by atoms with E-state index in [0.29, 0.717) is 6.04 Å². The van der Waals surface area contributed by atoms with Gasteiger partial charge >= 0.3 is 0 Å². The van der Waals surface area contributed by atoms with Gasteiger partial charge in [-0.05, 0) is 18.4 Å². The number of rotatable bonds is 1. The van der Waals surface area contributed by atoms with Gasteiger partial charge in [0.1, 0.15) is 5.76 Å². The molecule has 1 aliphatic rings. The Hall–Kier alpha value is -0.960. The standard InChI is InChI=1S/C6H8NO2/c8-4-5-6(9)2-1-3-7-5/h1-3,7-9H,4H2. The summed E-state index contributed by atoms with van der Waals surface area (Å²) in [5.41, 5.74) is 0. The van der Waals surface area contributed by atoms with Crippen LogP contribution in [-0.2, 0) is 0 Å². The van der Waals surface area contributed by atoms with Gasteiger partial charge in [0.25, 0.3) is 0 Å². The molecule has 0 atom stereocenters. The van der Waals surface area contributed by atoms with Gasteiger partial charge in [-0.15, -0.1) is 0 Å². The molecule has 1 heterocycles. The van der Waals surface area contributed by atoms with E-state index in [1.807, 2.05) is 0 Å². The van der Waals surface area contributed by atoms with E-state index in [1.165, 1.54) is 6.08 Å². The van der Waals surface area contributed by atoms with Crippen LogP contribution < -0.4 is 5.32 Å². The minimum absolute atomic E-state index is 0.0972. The fourth-order valence-electron chi connectivity index (χ4n) is 0.589. The summed E-state index contributed by atoms with van der Waals surface area (Å²) in [4.78, 5) is 0. The van der Waals surface area contributed by atoms with Crippen LogP contribution in [0, 0.1) is 6.04 Å². The summed E-state index contributed by atoms with van der Waals surface area (Å²) < 4.78 is 0. The molecule has 0 aliphatic carbocycles. The normalized spacial score (nSPS) is 19.0. The van der Waals surface area contributed by atoms with Crippen molar-refractivity contribution < 1.29 is 10.2 Å². The lowest BCUT2D eigenvalue weighted by atomic mass is 10.2. The predicted octanol–water partition coefficient (Wildman–Crippen LogP) is 0.0695. The first-order valence-electron chi connectivity index (χ1n) is 2.64. The number of hydrogen-bond acceptors (Lipinski definition) is 3. The molecule has 0 aromatic heterocycles. The summed E-state index contributed by atoms with van der Waals surface area (Å²) in [6.07, 6.45) is 4.82. The average molecular weight is 126 g/mol. The van der Waals surface area contributed by atoms with Gasteiger partial charge in [0.05, 0.1) is 6.61 Å². The van der Waals surface area contributed by atoms with Crippen molar-refractivity contribution in [3.63, 3.8) is 0 Å². The lowest BCUT2D eigenvalue weighted by Crippen LogP contribution is -2.22. The molecule has 1 rings (SSSR count). The van der Waals surface area contributed by atoms with Crippen molar-refractivity contribution in [2.24, 2.45) is 0 Å². The maximum Gasteiger partial charge on any atom is 0.150 e. The van der Waals surface area contributed by atoms with Crippen LogP contribution in [0.2, 0.25) is 0 Å². The van der Waals surface area contributed by atoms with Gasteiger partial charge in [0, 0.05) is 0 Å². The van der Waals surface area contributed by atoms with Crippen molar-refractivity contribution in [1.82, 2.24) is 5.32 Å². The lowest BCUT2D eigenvalue weighted by molar-refractivity contribution is 0.275. The molecule has 49 valence electrons. The van der Waals surface area contributed by atoms with E-state index in [4.69, 9.17) is 10.2 Å². The van der Waals surface area contributed by atoms with E-state index in [-0.39, 0.29) is 12.4 Å². The zero-order chi connectivity index (χ0) is 6.69. The van der Waals surface area contributed by atoms with E-state index < -0.39 is 0 Å². The molecule has 0 saturated carbocycles.